The molecule has 0 radical (unpaired) electrons. The Morgan fingerprint density at radius 2 is 2.21 bits per heavy atom. The lowest BCUT2D eigenvalue weighted by Gasteiger charge is -2.04. The van der Waals surface area contributed by atoms with Crippen molar-refractivity contribution in [3.63, 3.8) is 0 Å². The van der Waals surface area contributed by atoms with Crippen LogP contribution in [0.4, 0.5) is 0 Å². The zero-order valence-corrected chi connectivity index (χ0v) is 9.03. The van der Waals surface area contributed by atoms with Crippen molar-refractivity contribution in [2.45, 2.75) is 45.6 Å². The van der Waals surface area contributed by atoms with Gasteiger partial charge < -0.3 is 9.84 Å². The van der Waals surface area contributed by atoms with E-state index in [4.69, 9.17) is 0 Å². The summed E-state index contributed by atoms with van der Waals surface area (Å²) in [4.78, 5) is 10.4. The molecule has 0 aromatic carbocycles. The highest BCUT2D eigenvalue weighted by Crippen LogP contribution is 2.03. The SMILES string of the molecule is CCCCC[C@@H](O)/C=C\COC(C)=O. The first-order chi connectivity index (χ1) is 6.66. The van der Waals surface area contributed by atoms with Gasteiger partial charge in [0, 0.05) is 6.92 Å². The Hall–Kier alpha value is -0.830. The number of unbranched alkanes of at least 4 members (excludes halogenated alkanes) is 2. The summed E-state index contributed by atoms with van der Waals surface area (Å²) >= 11 is 0. The average Bonchev–Trinajstić information content (AvgIpc) is 2.13. The molecule has 0 amide bonds. The second-order valence-corrected chi connectivity index (χ2v) is 3.29. The van der Waals surface area contributed by atoms with Crippen LogP contribution in [-0.2, 0) is 9.53 Å². The van der Waals surface area contributed by atoms with Crippen LogP contribution in [0.15, 0.2) is 12.2 Å². The highest BCUT2D eigenvalue weighted by atomic mass is 16.5. The molecule has 0 aromatic heterocycles. The molecular formula is C11H20O3. The maximum absolute atomic E-state index is 10.4. The summed E-state index contributed by atoms with van der Waals surface area (Å²) in [5.41, 5.74) is 0. The minimum Gasteiger partial charge on any atom is -0.462 e. The third-order valence-electron chi connectivity index (χ3n) is 1.84. The molecule has 0 heterocycles. The van der Waals surface area contributed by atoms with Crippen molar-refractivity contribution in [3.05, 3.63) is 12.2 Å². The summed E-state index contributed by atoms with van der Waals surface area (Å²) in [7, 11) is 0. The summed E-state index contributed by atoms with van der Waals surface area (Å²) < 4.78 is 4.68. The molecule has 0 aliphatic rings. The van der Waals surface area contributed by atoms with Crippen molar-refractivity contribution in [2.24, 2.45) is 0 Å². The molecule has 82 valence electrons. The minimum absolute atomic E-state index is 0.250. The van der Waals surface area contributed by atoms with Gasteiger partial charge in [-0.3, -0.25) is 4.79 Å². The van der Waals surface area contributed by atoms with Crippen LogP contribution >= 0.6 is 0 Å². The van der Waals surface area contributed by atoms with E-state index in [0.717, 1.165) is 25.7 Å². The number of aliphatic hydroxyl groups is 1. The summed E-state index contributed by atoms with van der Waals surface area (Å²) in [5.74, 6) is -0.296. The summed E-state index contributed by atoms with van der Waals surface area (Å²) in [6, 6.07) is 0. The van der Waals surface area contributed by atoms with Gasteiger partial charge in [0.2, 0.25) is 0 Å². The quantitative estimate of drug-likeness (QED) is 0.388. The maximum atomic E-state index is 10.4. The van der Waals surface area contributed by atoms with Crippen LogP contribution < -0.4 is 0 Å². The Labute approximate surface area is 85.8 Å². The summed E-state index contributed by atoms with van der Waals surface area (Å²) in [5, 5.41) is 9.41. The van der Waals surface area contributed by atoms with Gasteiger partial charge in [-0.2, -0.15) is 0 Å². The molecule has 3 nitrogen and oxygen atoms in total. The van der Waals surface area contributed by atoms with Crippen LogP contribution in [0.5, 0.6) is 0 Å². The van der Waals surface area contributed by atoms with Gasteiger partial charge in [0.15, 0.2) is 0 Å². The molecule has 0 aliphatic heterocycles. The first-order valence-corrected chi connectivity index (χ1v) is 5.15. The van der Waals surface area contributed by atoms with Crippen LogP contribution in [0.25, 0.3) is 0 Å². The fourth-order valence-electron chi connectivity index (χ4n) is 1.08. The van der Waals surface area contributed by atoms with Gasteiger partial charge in [-0.1, -0.05) is 32.3 Å². The van der Waals surface area contributed by atoms with Crippen LogP contribution in [0.1, 0.15) is 39.5 Å². The molecule has 0 fully saturated rings. The van der Waals surface area contributed by atoms with Gasteiger partial charge in [-0.05, 0) is 12.5 Å². The van der Waals surface area contributed by atoms with Crippen molar-refractivity contribution in [1.29, 1.82) is 0 Å². The Balaban J connectivity index is 3.40. The smallest absolute Gasteiger partial charge is 0.302 e. The predicted octanol–water partition coefficient (Wildman–Crippen LogP) is 2.05. The molecule has 0 rings (SSSR count). The van der Waals surface area contributed by atoms with Gasteiger partial charge in [0.05, 0.1) is 6.10 Å². The summed E-state index contributed by atoms with van der Waals surface area (Å²) in [6.07, 6.45) is 7.08. The number of carbonyl (C=O) groups excluding carboxylic acids is 1. The lowest BCUT2D eigenvalue weighted by molar-refractivity contribution is -0.139. The van der Waals surface area contributed by atoms with Crippen LogP contribution in [-0.4, -0.2) is 23.8 Å². The lowest BCUT2D eigenvalue weighted by atomic mass is 10.1. The minimum atomic E-state index is -0.405. The topological polar surface area (TPSA) is 46.5 Å². The van der Waals surface area contributed by atoms with Gasteiger partial charge in [0.25, 0.3) is 0 Å². The zero-order valence-electron chi connectivity index (χ0n) is 9.03. The van der Waals surface area contributed by atoms with Crippen LogP contribution in [0.3, 0.4) is 0 Å². The van der Waals surface area contributed by atoms with Gasteiger partial charge in [-0.25, -0.2) is 0 Å². The average molecular weight is 200 g/mol. The molecule has 0 bridgehead atoms. The number of hydrogen-bond donors (Lipinski definition) is 1. The summed E-state index contributed by atoms with van der Waals surface area (Å²) in [6.45, 7) is 3.74. The Morgan fingerprint density at radius 1 is 1.50 bits per heavy atom. The highest BCUT2D eigenvalue weighted by Gasteiger charge is 1.97. The maximum Gasteiger partial charge on any atom is 0.302 e. The number of carbonyl (C=O) groups is 1. The molecule has 0 aliphatic carbocycles. The standard InChI is InChI=1S/C11H20O3/c1-3-4-5-7-11(13)8-6-9-14-10(2)12/h6,8,11,13H,3-5,7,9H2,1-2H3/b8-6-/t11-/m1/s1. The highest BCUT2D eigenvalue weighted by molar-refractivity contribution is 5.65. The van der Waals surface area contributed by atoms with Crippen molar-refractivity contribution in [1.82, 2.24) is 0 Å². The monoisotopic (exact) mass is 200 g/mol. The van der Waals surface area contributed by atoms with E-state index >= 15 is 0 Å². The van der Waals surface area contributed by atoms with Crippen molar-refractivity contribution < 1.29 is 14.6 Å². The third kappa shape index (κ3) is 9.26. The molecule has 3 heteroatoms. The fraction of sp³-hybridized carbons (Fsp3) is 0.727. The van der Waals surface area contributed by atoms with Crippen molar-refractivity contribution in [3.8, 4) is 0 Å². The Kier molecular flexibility index (Phi) is 8.24. The number of hydrogen-bond acceptors (Lipinski definition) is 3. The second-order valence-electron chi connectivity index (χ2n) is 3.29. The van der Waals surface area contributed by atoms with E-state index in [0.29, 0.717) is 0 Å². The molecule has 0 spiro atoms. The Morgan fingerprint density at radius 3 is 2.79 bits per heavy atom. The van der Waals surface area contributed by atoms with E-state index in [9.17, 15) is 9.90 Å². The van der Waals surface area contributed by atoms with E-state index in [1.807, 2.05) is 0 Å². The molecule has 0 aromatic rings. The zero-order chi connectivity index (χ0) is 10.8. The van der Waals surface area contributed by atoms with Crippen molar-refractivity contribution in [2.75, 3.05) is 6.61 Å². The van der Waals surface area contributed by atoms with Gasteiger partial charge >= 0.3 is 5.97 Å². The van der Waals surface area contributed by atoms with Crippen molar-refractivity contribution >= 4 is 5.97 Å². The fourth-order valence-corrected chi connectivity index (χ4v) is 1.08. The molecular weight excluding hydrogens is 180 g/mol. The number of aliphatic hydroxyl groups excluding tert-OH is 1. The first kappa shape index (κ1) is 13.2. The molecule has 1 N–H and O–H groups in total. The predicted molar refractivity (Wildman–Crippen MR) is 55.9 cm³/mol. The van der Waals surface area contributed by atoms with Crippen LogP contribution in [0, 0.1) is 0 Å². The van der Waals surface area contributed by atoms with Crippen LogP contribution in [0.2, 0.25) is 0 Å². The van der Waals surface area contributed by atoms with E-state index in [1.165, 1.54) is 6.92 Å². The first-order valence-electron chi connectivity index (χ1n) is 5.15. The molecule has 0 saturated carbocycles. The molecule has 1 atom stereocenters. The van der Waals surface area contributed by atoms with E-state index in [-0.39, 0.29) is 12.6 Å². The largest absolute Gasteiger partial charge is 0.462 e. The van der Waals surface area contributed by atoms with E-state index in [2.05, 4.69) is 11.7 Å². The third-order valence-corrected chi connectivity index (χ3v) is 1.84. The number of ether oxygens (including phenoxy) is 1. The van der Waals surface area contributed by atoms with E-state index < -0.39 is 6.10 Å². The van der Waals surface area contributed by atoms with E-state index in [1.54, 1.807) is 12.2 Å². The number of rotatable bonds is 7. The molecule has 0 unspecified atom stereocenters. The molecule has 14 heavy (non-hydrogen) atoms. The Bertz CT molecular complexity index is 175. The normalized spacial score (nSPS) is 13.1. The van der Waals surface area contributed by atoms with Gasteiger partial charge in [0.1, 0.15) is 6.61 Å². The second kappa shape index (κ2) is 8.75. The lowest BCUT2D eigenvalue weighted by Crippen LogP contribution is -2.03. The van der Waals surface area contributed by atoms with Gasteiger partial charge in [-0.15, -0.1) is 0 Å². The number of esters is 1. The molecule has 0 saturated heterocycles.